The van der Waals surface area contributed by atoms with Gasteiger partial charge in [0.1, 0.15) is 11.4 Å². The molecule has 37 heavy (non-hydrogen) atoms. The summed E-state index contributed by atoms with van der Waals surface area (Å²) in [5.74, 6) is -4.42. The number of benzene rings is 2. The van der Waals surface area contributed by atoms with E-state index in [0.717, 1.165) is 0 Å². The van der Waals surface area contributed by atoms with E-state index in [9.17, 15) is 18.4 Å². The Morgan fingerprint density at radius 2 is 1.59 bits per heavy atom. The van der Waals surface area contributed by atoms with Crippen LogP contribution in [0, 0.1) is 26.6 Å². The molecule has 0 aliphatic heterocycles. The van der Waals surface area contributed by atoms with E-state index in [1.54, 1.807) is 54.5 Å². The molecule has 2 rings (SSSR count). The Kier molecular flexibility index (Phi) is 9.23. The van der Waals surface area contributed by atoms with Crippen molar-refractivity contribution >= 4 is 12.1 Å². The van der Waals surface area contributed by atoms with Gasteiger partial charge in [0.15, 0.2) is 0 Å². The number of aryl methyl sites for hydroxylation is 3. The highest BCUT2D eigenvalue weighted by molar-refractivity contribution is 5.76. The van der Waals surface area contributed by atoms with E-state index in [-0.39, 0.29) is 35.3 Å². The summed E-state index contributed by atoms with van der Waals surface area (Å²) in [6.45, 7) is 16.5. The summed E-state index contributed by atoms with van der Waals surface area (Å²) in [5, 5.41) is 2.59. The van der Waals surface area contributed by atoms with Crippen molar-refractivity contribution in [3.63, 3.8) is 0 Å². The molecule has 0 aliphatic rings. The molecule has 8 heteroatoms. The molecule has 0 aliphatic carbocycles. The fourth-order valence-electron chi connectivity index (χ4n) is 4.12. The minimum atomic E-state index is -3.19. The largest absolute Gasteiger partial charge is 0.466 e. The Bertz CT molecular complexity index is 1180. The molecule has 0 aromatic heterocycles. The van der Waals surface area contributed by atoms with Crippen LogP contribution >= 0.6 is 0 Å². The smallest absolute Gasteiger partial charge is 0.408 e. The molecule has 0 saturated carbocycles. The van der Waals surface area contributed by atoms with Gasteiger partial charge in [-0.1, -0.05) is 6.58 Å². The third-order valence-corrected chi connectivity index (χ3v) is 5.75. The Morgan fingerprint density at radius 3 is 2.08 bits per heavy atom. The van der Waals surface area contributed by atoms with Gasteiger partial charge in [0.25, 0.3) is 5.92 Å². The van der Waals surface area contributed by atoms with Crippen LogP contribution in [0.3, 0.4) is 0 Å². The summed E-state index contributed by atoms with van der Waals surface area (Å²) in [4.78, 5) is 24.9. The van der Waals surface area contributed by atoms with E-state index >= 15 is 4.39 Å². The molecular weight excluding hydrogens is 483 g/mol. The number of hydrogen-bond donors (Lipinski definition) is 1. The van der Waals surface area contributed by atoms with Crippen LogP contribution in [0.4, 0.5) is 18.0 Å². The molecule has 0 radical (unpaired) electrons. The first-order valence-corrected chi connectivity index (χ1v) is 12.1. The number of nitrogens with one attached hydrogen (secondary N) is 1. The van der Waals surface area contributed by atoms with Crippen LogP contribution in [0.25, 0.3) is 11.1 Å². The fourth-order valence-corrected chi connectivity index (χ4v) is 4.12. The predicted molar refractivity (Wildman–Crippen MR) is 138 cm³/mol. The van der Waals surface area contributed by atoms with Crippen LogP contribution in [0.2, 0.25) is 0 Å². The summed E-state index contributed by atoms with van der Waals surface area (Å²) in [6.07, 6.45) is -1.14. The normalized spacial score (nSPS) is 12.6. The van der Waals surface area contributed by atoms with Gasteiger partial charge in [0.05, 0.1) is 19.1 Å². The number of carbonyl (C=O) groups excluding carboxylic acids is 2. The fraction of sp³-hybridized carbons (Fsp3) is 0.448. The number of hydrogen-bond acceptors (Lipinski definition) is 4. The van der Waals surface area contributed by atoms with Gasteiger partial charge in [-0.2, -0.15) is 8.78 Å². The minimum absolute atomic E-state index is 0.0593. The maximum atomic E-state index is 15.4. The van der Waals surface area contributed by atoms with Gasteiger partial charge in [-0.05, 0) is 113 Å². The van der Waals surface area contributed by atoms with E-state index in [2.05, 4.69) is 11.9 Å². The Labute approximate surface area is 217 Å². The van der Waals surface area contributed by atoms with Crippen LogP contribution in [0.1, 0.15) is 74.9 Å². The van der Waals surface area contributed by atoms with Crippen molar-refractivity contribution in [3.8, 4) is 11.1 Å². The first-order chi connectivity index (χ1) is 17.0. The molecule has 0 heterocycles. The second-order valence-corrected chi connectivity index (χ2v) is 10.2. The maximum Gasteiger partial charge on any atom is 0.408 e. The summed E-state index contributed by atoms with van der Waals surface area (Å²) >= 11 is 0. The zero-order valence-electron chi connectivity index (χ0n) is 22.8. The molecule has 0 saturated heterocycles. The maximum absolute atomic E-state index is 15.4. The Hall–Kier alpha value is -3.29. The SMILES string of the molecule is C=C(C)C(F)(F)c1cc(C)c(-c2cc(C)c(F)c([C@H](CC(=O)OCC)NC(=O)OC(C)(C)C)c2)c(C)c1. The van der Waals surface area contributed by atoms with E-state index in [1.807, 2.05) is 0 Å². The molecule has 0 unspecified atom stereocenters. The standard InChI is InChI=1S/C29H36F3NO4/c1-10-36-24(34)15-23(33-27(35)37-28(7,8)9)22-14-20(11-19(6)26(22)30)25-17(4)12-21(13-18(25)5)29(31,32)16(2)3/h11-14,23H,2,10,15H2,1,3-9H3,(H,33,35)/t23-/m0/s1. The average molecular weight is 520 g/mol. The predicted octanol–water partition coefficient (Wildman–Crippen LogP) is 7.60. The van der Waals surface area contributed by atoms with Gasteiger partial charge in [-0.3, -0.25) is 4.79 Å². The van der Waals surface area contributed by atoms with Gasteiger partial charge in [0.2, 0.25) is 0 Å². The van der Waals surface area contributed by atoms with Crippen LogP contribution in [-0.2, 0) is 20.2 Å². The van der Waals surface area contributed by atoms with Crippen molar-refractivity contribution in [1.29, 1.82) is 0 Å². The number of rotatable bonds is 8. The van der Waals surface area contributed by atoms with Crippen molar-refractivity contribution in [3.05, 3.63) is 70.1 Å². The number of amides is 1. The molecule has 0 spiro atoms. The lowest BCUT2D eigenvalue weighted by Crippen LogP contribution is -2.36. The monoisotopic (exact) mass is 519 g/mol. The van der Waals surface area contributed by atoms with Gasteiger partial charge in [-0.15, -0.1) is 0 Å². The van der Waals surface area contributed by atoms with Crippen LogP contribution in [0.5, 0.6) is 0 Å². The molecule has 1 atom stereocenters. The quantitative estimate of drug-likeness (QED) is 0.288. The number of alkyl carbamates (subject to hydrolysis) is 1. The minimum Gasteiger partial charge on any atom is -0.466 e. The second-order valence-electron chi connectivity index (χ2n) is 10.2. The van der Waals surface area contributed by atoms with E-state index in [1.165, 1.54) is 25.1 Å². The number of alkyl halides is 2. The van der Waals surface area contributed by atoms with Gasteiger partial charge in [-0.25, -0.2) is 9.18 Å². The molecule has 2 aromatic rings. The molecule has 1 N–H and O–H groups in total. The van der Waals surface area contributed by atoms with Gasteiger partial charge >= 0.3 is 12.1 Å². The lowest BCUT2D eigenvalue weighted by Gasteiger charge is -2.25. The van der Waals surface area contributed by atoms with E-state index in [4.69, 9.17) is 9.47 Å². The van der Waals surface area contributed by atoms with Crippen molar-refractivity contribution in [2.75, 3.05) is 6.61 Å². The number of halogens is 3. The van der Waals surface area contributed by atoms with Crippen LogP contribution in [-0.4, -0.2) is 24.3 Å². The van der Waals surface area contributed by atoms with Crippen LogP contribution < -0.4 is 5.32 Å². The second kappa shape index (κ2) is 11.4. The van der Waals surface area contributed by atoms with Crippen molar-refractivity contribution < 1.29 is 32.2 Å². The number of esters is 1. The topological polar surface area (TPSA) is 64.6 Å². The molecule has 0 fully saturated rings. The summed E-state index contributed by atoms with van der Waals surface area (Å²) in [6, 6.07) is 4.84. The molecule has 1 amide bonds. The zero-order valence-corrected chi connectivity index (χ0v) is 22.8. The van der Waals surface area contributed by atoms with Crippen LogP contribution in [0.15, 0.2) is 36.4 Å². The molecule has 202 valence electrons. The zero-order chi connectivity index (χ0) is 28.3. The van der Waals surface area contributed by atoms with Gasteiger partial charge in [0, 0.05) is 11.1 Å². The first-order valence-electron chi connectivity index (χ1n) is 12.1. The molecular formula is C29H36F3NO4. The lowest BCUT2D eigenvalue weighted by atomic mass is 9.88. The number of allylic oxidation sites excluding steroid dienone is 1. The van der Waals surface area contributed by atoms with Crippen molar-refractivity contribution in [2.24, 2.45) is 0 Å². The van der Waals surface area contributed by atoms with E-state index < -0.39 is 35.4 Å². The Balaban J connectivity index is 2.64. The van der Waals surface area contributed by atoms with Crippen molar-refractivity contribution in [2.45, 2.75) is 79.4 Å². The summed E-state index contributed by atoms with van der Waals surface area (Å²) < 4.78 is 55.1. The summed E-state index contributed by atoms with van der Waals surface area (Å²) in [7, 11) is 0. The molecule has 5 nitrogen and oxygen atoms in total. The first kappa shape index (κ1) is 29.9. The highest BCUT2D eigenvalue weighted by atomic mass is 19.3. The highest BCUT2D eigenvalue weighted by Crippen LogP contribution is 2.39. The Morgan fingerprint density at radius 1 is 1.03 bits per heavy atom. The van der Waals surface area contributed by atoms with E-state index in [0.29, 0.717) is 22.3 Å². The summed E-state index contributed by atoms with van der Waals surface area (Å²) in [5.41, 5.74) is 1.41. The van der Waals surface area contributed by atoms with Gasteiger partial charge < -0.3 is 14.8 Å². The molecule has 2 aromatic carbocycles. The number of carbonyl (C=O) groups is 2. The highest BCUT2D eigenvalue weighted by Gasteiger charge is 2.33. The third-order valence-electron chi connectivity index (χ3n) is 5.75. The number of ether oxygens (including phenoxy) is 2. The molecule has 0 bridgehead atoms. The van der Waals surface area contributed by atoms with Crippen molar-refractivity contribution in [1.82, 2.24) is 5.32 Å². The third kappa shape index (κ3) is 7.37. The average Bonchev–Trinajstić information content (AvgIpc) is 2.73. The lowest BCUT2D eigenvalue weighted by molar-refractivity contribution is -0.143.